The molecule has 0 aliphatic rings. The molecule has 0 saturated carbocycles. The molecule has 17 heavy (non-hydrogen) atoms. The molecule has 100 valence electrons. The summed E-state index contributed by atoms with van der Waals surface area (Å²) < 4.78 is 0. The van der Waals surface area contributed by atoms with Gasteiger partial charge in [0.25, 0.3) is 0 Å². The molecule has 0 radical (unpaired) electrons. The van der Waals surface area contributed by atoms with Crippen LogP contribution in [-0.4, -0.2) is 41.1 Å². The van der Waals surface area contributed by atoms with Crippen molar-refractivity contribution in [1.82, 2.24) is 10.2 Å². The van der Waals surface area contributed by atoms with Crippen LogP contribution in [0.1, 0.15) is 40.5 Å². The molecule has 0 fully saturated rings. The lowest BCUT2D eigenvalue weighted by molar-refractivity contribution is -0.140. The van der Waals surface area contributed by atoms with Crippen molar-refractivity contribution >= 4 is 12.0 Å². The predicted octanol–water partition coefficient (Wildman–Crippen LogP) is 1.93. The monoisotopic (exact) mass is 244 g/mol. The molecule has 0 aromatic carbocycles. The minimum Gasteiger partial charge on any atom is -0.480 e. The van der Waals surface area contributed by atoms with Gasteiger partial charge in [0, 0.05) is 13.1 Å². The highest BCUT2D eigenvalue weighted by atomic mass is 16.4. The van der Waals surface area contributed by atoms with Crippen molar-refractivity contribution in [2.45, 2.75) is 46.6 Å². The topological polar surface area (TPSA) is 69.6 Å². The number of hydrogen-bond acceptors (Lipinski definition) is 2. The van der Waals surface area contributed by atoms with E-state index in [0.717, 1.165) is 12.8 Å². The highest BCUT2D eigenvalue weighted by Crippen LogP contribution is 2.03. The highest BCUT2D eigenvalue weighted by Gasteiger charge is 2.25. The summed E-state index contributed by atoms with van der Waals surface area (Å²) in [5, 5.41) is 11.6. The molecule has 0 aromatic heterocycles. The minimum atomic E-state index is -0.986. The maximum atomic E-state index is 11.9. The number of rotatable bonds is 7. The number of carbonyl (C=O) groups excluding carboxylic acids is 1. The molecule has 0 aromatic rings. The largest absolute Gasteiger partial charge is 0.480 e. The Labute approximate surface area is 103 Å². The second-order valence-corrected chi connectivity index (χ2v) is 4.44. The van der Waals surface area contributed by atoms with Crippen molar-refractivity contribution in [2.75, 3.05) is 13.1 Å². The average Bonchev–Trinajstić information content (AvgIpc) is 2.26. The maximum absolute atomic E-state index is 11.9. The van der Waals surface area contributed by atoms with Crippen LogP contribution in [-0.2, 0) is 4.79 Å². The molecule has 0 saturated heterocycles. The van der Waals surface area contributed by atoms with Crippen molar-refractivity contribution in [1.29, 1.82) is 0 Å². The molecule has 5 heteroatoms. The quantitative estimate of drug-likeness (QED) is 0.719. The second-order valence-electron chi connectivity index (χ2n) is 4.44. The van der Waals surface area contributed by atoms with E-state index in [1.54, 1.807) is 18.7 Å². The van der Waals surface area contributed by atoms with Gasteiger partial charge in [-0.15, -0.1) is 0 Å². The molecular weight excluding hydrogens is 220 g/mol. The maximum Gasteiger partial charge on any atom is 0.326 e. The molecule has 0 aliphatic heterocycles. The van der Waals surface area contributed by atoms with Gasteiger partial charge in [-0.25, -0.2) is 9.59 Å². The fraction of sp³-hybridized carbons (Fsp3) is 0.833. The number of hydrogen-bond donors (Lipinski definition) is 2. The summed E-state index contributed by atoms with van der Waals surface area (Å²) in [5.74, 6) is -1.11. The molecule has 5 nitrogen and oxygen atoms in total. The normalized spacial score (nSPS) is 12.3. The van der Waals surface area contributed by atoms with Crippen molar-refractivity contribution in [3.8, 4) is 0 Å². The van der Waals surface area contributed by atoms with Gasteiger partial charge in [0.1, 0.15) is 6.04 Å². The summed E-state index contributed by atoms with van der Waals surface area (Å²) in [5.41, 5.74) is 0. The summed E-state index contributed by atoms with van der Waals surface area (Å²) in [6.45, 7) is 8.77. The van der Waals surface area contributed by atoms with Crippen LogP contribution in [0.15, 0.2) is 0 Å². The van der Waals surface area contributed by atoms with Crippen LogP contribution in [0.5, 0.6) is 0 Å². The van der Waals surface area contributed by atoms with Crippen molar-refractivity contribution in [2.24, 2.45) is 5.92 Å². The van der Waals surface area contributed by atoms with Gasteiger partial charge in [-0.1, -0.05) is 27.2 Å². The van der Waals surface area contributed by atoms with Crippen LogP contribution in [0, 0.1) is 5.92 Å². The lowest BCUT2D eigenvalue weighted by atomic mass is 10.1. The lowest BCUT2D eigenvalue weighted by Gasteiger charge is -2.25. The van der Waals surface area contributed by atoms with E-state index in [4.69, 9.17) is 5.11 Å². The third-order valence-electron chi connectivity index (χ3n) is 2.66. The van der Waals surface area contributed by atoms with E-state index in [-0.39, 0.29) is 11.9 Å². The first-order valence-corrected chi connectivity index (χ1v) is 6.22. The standard InChI is InChI=1S/C12H24N2O3/c1-5-7-8-14(6-2)12(17)13-10(9(3)4)11(15)16/h9-10H,5-8H2,1-4H3,(H,13,17)(H,15,16). The first-order chi connectivity index (χ1) is 7.93. The smallest absolute Gasteiger partial charge is 0.326 e. The molecule has 0 bridgehead atoms. The summed E-state index contributed by atoms with van der Waals surface area (Å²) in [6, 6.07) is -1.11. The molecule has 2 amide bonds. The van der Waals surface area contributed by atoms with Gasteiger partial charge in [0.2, 0.25) is 0 Å². The summed E-state index contributed by atoms with van der Waals surface area (Å²) >= 11 is 0. The predicted molar refractivity (Wildman–Crippen MR) is 66.9 cm³/mol. The highest BCUT2D eigenvalue weighted by molar-refractivity contribution is 5.82. The summed E-state index contributed by atoms with van der Waals surface area (Å²) in [4.78, 5) is 24.5. The van der Waals surface area contributed by atoms with E-state index in [1.807, 2.05) is 6.92 Å². The molecule has 1 atom stereocenters. The van der Waals surface area contributed by atoms with Crippen molar-refractivity contribution in [3.05, 3.63) is 0 Å². The van der Waals surface area contributed by atoms with Crippen LogP contribution < -0.4 is 5.32 Å². The number of urea groups is 1. The number of amides is 2. The van der Waals surface area contributed by atoms with E-state index in [2.05, 4.69) is 12.2 Å². The van der Waals surface area contributed by atoms with Crippen LogP contribution in [0.25, 0.3) is 0 Å². The lowest BCUT2D eigenvalue weighted by Crippen LogP contribution is -2.50. The van der Waals surface area contributed by atoms with E-state index in [9.17, 15) is 9.59 Å². The van der Waals surface area contributed by atoms with E-state index < -0.39 is 12.0 Å². The Kier molecular flexibility index (Phi) is 7.34. The van der Waals surface area contributed by atoms with E-state index in [1.165, 1.54) is 0 Å². The Bertz CT molecular complexity index is 254. The van der Waals surface area contributed by atoms with Crippen LogP contribution in [0.2, 0.25) is 0 Å². The van der Waals surface area contributed by atoms with Gasteiger partial charge in [0.05, 0.1) is 0 Å². The first-order valence-electron chi connectivity index (χ1n) is 6.22. The van der Waals surface area contributed by atoms with Gasteiger partial charge >= 0.3 is 12.0 Å². The number of carbonyl (C=O) groups is 2. The average molecular weight is 244 g/mol. The fourth-order valence-electron chi connectivity index (χ4n) is 1.49. The minimum absolute atomic E-state index is 0.124. The Balaban J connectivity index is 4.41. The zero-order valence-corrected chi connectivity index (χ0v) is 11.2. The third kappa shape index (κ3) is 5.56. The molecule has 0 heterocycles. The third-order valence-corrected chi connectivity index (χ3v) is 2.66. The van der Waals surface area contributed by atoms with Gasteiger partial charge in [0.15, 0.2) is 0 Å². The van der Waals surface area contributed by atoms with Crippen LogP contribution in [0.3, 0.4) is 0 Å². The number of carboxylic acid groups (broad SMARTS) is 1. The van der Waals surface area contributed by atoms with Crippen molar-refractivity contribution < 1.29 is 14.7 Å². The molecular formula is C12H24N2O3. The molecule has 0 spiro atoms. The molecule has 0 aliphatic carbocycles. The van der Waals surface area contributed by atoms with Gasteiger partial charge < -0.3 is 15.3 Å². The molecule has 2 N–H and O–H groups in total. The Morgan fingerprint density at radius 3 is 2.24 bits per heavy atom. The van der Waals surface area contributed by atoms with Crippen LogP contribution >= 0.6 is 0 Å². The van der Waals surface area contributed by atoms with E-state index >= 15 is 0 Å². The number of nitrogens with one attached hydrogen (secondary N) is 1. The summed E-state index contributed by atoms with van der Waals surface area (Å²) in [6.07, 6.45) is 1.94. The Morgan fingerprint density at radius 1 is 1.29 bits per heavy atom. The van der Waals surface area contributed by atoms with Crippen molar-refractivity contribution in [3.63, 3.8) is 0 Å². The van der Waals surface area contributed by atoms with Gasteiger partial charge in [-0.2, -0.15) is 0 Å². The van der Waals surface area contributed by atoms with Gasteiger partial charge in [-0.05, 0) is 19.3 Å². The van der Waals surface area contributed by atoms with Crippen LogP contribution in [0.4, 0.5) is 4.79 Å². The molecule has 0 rings (SSSR count). The Morgan fingerprint density at radius 2 is 1.88 bits per heavy atom. The summed E-state index contributed by atoms with van der Waals surface area (Å²) in [7, 11) is 0. The molecule has 1 unspecified atom stereocenters. The SMILES string of the molecule is CCCCN(CC)C(=O)NC(C(=O)O)C(C)C. The van der Waals surface area contributed by atoms with Gasteiger partial charge in [-0.3, -0.25) is 0 Å². The zero-order valence-electron chi connectivity index (χ0n) is 11.2. The zero-order chi connectivity index (χ0) is 13.4. The number of nitrogens with zero attached hydrogens (tertiary/aromatic N) is 1. The first kappa shape index (κ1) is 15.7. The van der Waals surface area contributed by atoms with E-state index in [0.29, 0.717) is 13.1 Å². The second kappa shape index (κ2) is 7.92. The number of aliphatic carboxylic acids is 1. The fourth-order valence-corrected chi connectivity index (χ4v) is 1.49. The number of carboxylic acids is 1. The number of unbranched alkanes of at least 4 members (excludes halogenated alkanes) is 1. The Hall–Kier alpha value is -1.26.